The Morgan fingerprint density at radius 3 is 1.81 bits per heavy atom. The van der Waals surface area contributed by atoms with Crippen LogP contribution in [-0.4, -0.2) is 38.7 Å². The maximum Gasteiger partial charge on any atom is 0.402 e. The van der Waals surface area contributed by atoms with Gasteiger partial charge < -0.3 is 29.2 Å². The number of hydrogen-bond donors (Lipinski definition) is 2. The molecule has 0 saturated carbocycles. The summed E-state index contributed by atoms with van der Waals surface area (Å²) in [4.78, 5) is 0. The van der Waals surface area contributed by atoms with E-state index < -0.39 is 0 Å². The first-order chi connectivity index (χ1) is 12.5. The zero-order valence-electron chi connectivity index (χ0n) is 14.8. The van der Waals surface area contributed by atoms with Crippen molar-refractivity contribution in [2.45, 2.75) is 0 Å². The van der Waals surface area contributed by atoms with Crippen LogP contribution < -0.4 is 18.9 Å². The Morgan fingerprint density at radius 2 is 1.27 bits per heavy atom. The molecule has 0 spiro atoms. The molecule has 0 atom stereocenters. The van der Waals surface area contributed by atoms with E-state index in [-0.39, 0.29) is 23.0 Å². The average Bonchev–Trinajstić information content (AvgIpc) is 2.66. The molecule has 1 heterocycles. The number of phenols is 2. The van der Waals surface area contributed by atoms with E-state index in [1.54, 1.807) is 18.2 Å². The van der Waals surface area contributed by atoms with Gasteiger partial charge in [-0.05, 0) is 0 Å². The Morgan fingerprint density at radius 1 is 0.692 bits per heavy atom. The highest BCUT2D eigenvalue weighted by atomic mass is 16.5. The molecule has 0 aliphatic heterocycles. The van der Waals surface area contributed by atoms with E-state index in [0.717, 1.165) is 0 Å². The highest BCUT2D eigenvalue weighted by Gasteiger charge is 2.27. The topological polar surface area (TPSA) is 88.7 Å². The standard InChI is InChI=1S/C19H18O7/c1-22-13-7-11(20)8-14-12(13)9-17(25-4)19(26-14)10-5-15(23-2)18(21)16(6-10)24-3/h5-9H,1-4H3,(H-,20,21)/p+1. The van der Waals surface area contributed by atoms with Crippen LogP contribution in [0.4, 0.5) is 0 Å². The molecular formula is C19H19O7+. The number of ether oxygens (including phenoxy) is 4. The fourth-order valence-electron chi connectivity index (χ4n) is 2.72. The van der Waals surface area contributed by atoms with Crippen molar-refractivity contribution in [2.24, 2.45) is 0 Å². The molecule has 2 N–H and O–H groups in total. The molecule has 7 nitrogen and oxygen atoms in total. The van der Waals surface area contributed by atoms with Gasteiger partial charge in [-0.15, -0.1) is 0 Å². The largest absolute Gasteiger partial charge is 0.507 e. The number of phenolic OH excluding ortho intramolecular Hbond substituents is 2. The van der Waals surface area contributed by atoms with Gasteiger partial charge in [-0.3, -0.25) is 0 Å². The fourth-order valence-corrected chi connectivity index (χ4v) is 2.72. The van der Waals surface area contributed by atoms with Crippen LogP contribution in [0, 0.1) is 0 Å². The molecule has 0 aliphatic rings. The van der Waals surface area contributed by atoms with Crippen LogP contribution in [0.1, 0.15) is 0 Å². The lowest BCUT2D eigenvalue weighted by molar-refractivity contribution is 0.340. The van der Waals surface area contributed by atoms with Gasteiger partial charge in [0, 0.05) is 24.3 Å². The molecule has 0 bridgehead atoms. The Bertz CT molecular complexity index is 941. The van der Waals surface area contributed by atoms with Crippen molar-refractivity contribution in [3.63, 3.8) is 0 Å². The highest BCUT2D eigenvalue weighted by Crippen LogP contribution is 2.44. The summed E-state index contributed by atoms with van der Waals surface area (Å²) in [7, 11) is 5.90. The van der Waals surface area contributed by atoms with Gasteiger partial charge in [0.1, 0.15) is 16.9 Å². The molecule has 0 radical (unpaired) electrons. The lowest BCUT2D eigenvalue weighted by Gasteiger charge is -2.10. The van der Waals surface area contributed by atoms with E-state index >= 15 is 0 Å². The number of aromatic hydroxyl groups is 2. The van der Waals surface area contributed by atoms with E-state index in [2.05, 4.69) is 0 Å². The Hall–Kier alpha value is -3.35. The smallest absolute Gasteiger partial charge is 0.402 e. The number of methoxy groups -OCH3 is 4. The fraction of sp³-hybridized carbons (Fsp3) is 0.211. The van der Waals surface area contributed by atoms with Crippen LogP contribution in [0.25, 0.3) is 22.3 Å². The monoisotopic (exact) mass is 359 g/mol. The van der Waals surface area contributed by atoms with Crippen LogP contribution in [0.5, 0.6) is 34.5 Å². The Kier molecular flexibility index (Phi) is 4.62. The number of benzene rings is 2. The second-order valence-corrected chi connectivity index (χ2v) is 5.43. The van der Waals surface area contributed by atoms with Gasteiger partial charge in [0.05, 0.1) is 40.1 Å². The summed E-state index contributed by atoms with van der Waals surface area (Å²) in [6.07, 6.45) is 0. The van der Waals surface area contributed by atoms with Gasteiger partial charge in [0.25, 0.3) is 0 Å². The van der Waals surface area contributed by atoms with Crippen LogP contribution >= 0.6 is 0 Å². The first-order valence-electron chi connectivity index (χ1n) is 7.69. The Labute approximate surface area is 149 Å². The summed E-state index contributed by atoms with van der Waals surface area (Å²) in [5.74, 6) is 1.62. The molecule has 0 aliphatic carbocycles. The van der Waals surface area contributed by atoms with Gasteiger partial charge in [-0.25, -0.2) is 4.42 Å². The van der Waals surface area contributed by atoms with Crippen molar-refractivity contribution in [1.29, 1.82) is 0 Å². The van der Waals surface area contributed by atoms with Crippen LogP contribution in [0.3, 0.4) is 0 Å². The van der Waals surface area contributed by atoms with Crippen molar-refractivity contribution >= 4 is 11.0 Å². The van der Waals surface area contributed by atoms with Crippen molar-refractivity contribution in [2.75, 3.05) is 28.4 Å². The second kappa shape index (κ2) is 6.87. The van der Waals surface area contributed by atoms with Crippen LogP contribution in [0.15, 0.2) is 34.7 Å². The van der Waals surface area contributed by atoms with Gasteiger partial charge in [0.2, 0.25) is 11.5 Å². The first-order valence-corrected chi connectivity index (χ1v) is 7.69. The number of fused-ring (bicyclic) bond motifs is 1. The molecule has 1 aromatic heterocycles. The third-order valence-corrected chi connectivity index (χ3v) is 3.98. The van der Waals surface area contributed by atoms with Gasteiger partial charge >= 0.3 is 11.3 Å². The molecule has 0 amide bonds. The van der Waals surface area contributed by atoms with E-state index in [0.29, 0.717) is 33.8 Å². The van der Waals surface area contributed by atoms with Crippen LogP contribution in [-0.2, 0) is 0 Å². The molecule has 26 heavy (non-hydrogen) atoms. The van der Waals surface area contributed by atoms with Gasteiger partial charge in [0.15, 0.2) is 11.5 Å². The molecule has 136 valence electrons. The van der Waals surface area contributed by atoms with Gasteiger partial charge in [-0.2, -0.15) is 0 Å². The molecule has 2 aromatic carbocycles. The Balaban J connectivity index is 2.31. The van der Waals surface area contributed by atoms with E-state index in [9.17, 15) is 10.2 Å². The molecule has 0 unspecified atom stereocenters. The summed E-state index contributed by atoms with van der Waals surface area (Å²) < 4.78 is 27.1. The molecule has 0 saturated heterocycles. The average molecular weight is 359 g/mol. The summed E-state index contributed by atoms with van der Waals surface area (Å²) in [6.45, 7) is 0. The quantitative estimate of drug-likeness (QED) is 0.669. The zero-order valence-corrected chi connectivity index (χ0v) is 14.8. The maximum atomic E-state index is 10.1. The van der Waals surface area contributed by atoms with Crippen molar-refractivity contribution in [1.82, 2.24) is 0 Å². The zero-order chi connectivity index (χ0) is 18.8. The third-order valence-electron chi connectivity index (χ3n) is 3.98. The molecular weight excluding hydrogens is 340 g/mol. The normalized spacial score (nSPS) is 10.6. The summed E-state index contributed by atoms with van der Waals surface area (Å²) in [6, 6.07) is 7.92. The number of hydrogen-bond acceptors (Lipinski definition) is 6. The third kappa shape index (κ3) is 2.88. The summed E-state index contributed by atoms with van der Waals surface area (Å²) in [5.41, 5.74) is 0.973. The highest BCUT2D eigenvalue weighted by molar-refractivity contribution is 5.89. The minimum Gasteiger partial charge on any atom is -0.507 e. The molecule has 0 fully saturated rings. The number of rotatable bonds is 5. The van der Waals surface area contributed by atoms with Crippen LogP contribution in [0.2, 0.25) is 0 Å². The molecule has 3 rings (SSSR count). The lowest BCUT2D eigenvalue weighted by Crippen LogP contribution is -1.94. The predicted octanol–water partition coefficient (Wildman–Crippen LogP) is 3.83. The van der Waals surface area contributed by atoms with E-state index in [1.165, 1.54) is 40.6 Å². The molecule has 3 aromatic rings. The van der Waals surface area contributed by atoms with Crippen molar-refractivity contribution in [3.05, 3.63) is 30.3 Å². The molecule has 7 heteroatoms. The summed E-state index contributed by atoms with van der Waals surface area (Å²) >= 11 is 0. The van der Waals surface area contributed by atoms with E-state index in [4.69, 9.17) is 23.4 Å². The SMILES string of the molecule is COc1cc2c(OC)cc(O)cc2[o+]c1-c1cc(OC)c(O)c(OC)c1. The minimum atomic E-state index is -0.113. The lowest BCUT2D eigenvalue weighted by atomic mass is 10.1. The second-order valence-electron chi connectivity index (χ2n) is 5.43. The maximum absolute atomic E-state index is 10.1. The minimum absolute atomic E-state index is 0.00934. The summed E-state index contributed by atoms with van der Waals surface area (Å²) in [5, 5.41) is 20.6. The first kappa shape index (κ1) is 17.5. The van der Waals surface area contributed by atoms with Crippen molar-refractivity contribution in [3.8, 4) is 45.8 Å². The predicted molar refractivity (Wildman–Crippen MR) is 95.6 cm³/mol. The van der Waals surface area contributed by atoms with E-state index in [1.807, 2.05) is 0 Å². The van der Waals surface area contributed by atoms with Crippen molar-refractivity contribution < 1.29 is 33.6 Å². The van der Waals surface area contributed by atoms with Gasteiger partial charge in [-0.1, -0.05) is 0 Å².